The molecule has 2 heterocycles. The lowest BCUT2D eigenvalue weighted by Crippen LogP contribution is -2.14. The Hall–Kier alpha value is -6.68. The van der Waals surface area contributed by atoms with Gasteiger partial charge in [-0.15, -0.1) is 11.3 Å². The number of fused-ring (bicyclic) bond motifs is 7. The van der Waals surface area contributed by atoms with Crippen molar-refractivity contribution in [2.45, 2.75) is 19.3 Å². The van der Waals surface area contributed by atoms with Crippen molar-refractivity contribution in [3.8, 4) is 67.3 Å². The van der Waals surface area contributed by atoms with Crippen LogP contribution in [-0.4, -0.2) is 9.97 Å². The number of nitrogens with zero attached hydrogens (tertiary/aromatic N) is 2. The summed E-state index contributed by atoms with van der Waals surface area (Å²) in [7, 11) is 0. The first-order valence-corrected chi connectivity index (χ1v) is 20.0. The largest absolute Gasteiger partial charge is 0.228 e. The number of hydrogen-bond donors (Lipinski definition) is 0. The van der Waals surface area contributed by atoms with Gasteiger partial charge in [-0.1, -0.05) is 166 Å². The molecule has 1 aliphatic rings. The molecule has 3 heteroatoms. The van der Waals surface area contributed by atoms with Crippen LogP contribution in [0.4, 0.5) is 0 Å². The van der Waals surface area contributed by atoms with Gasteiger partial charge >= 0.3 is 0 Å². The number of benzene rings is 8. The molecule has 0 saturated carbocycles. The highest BCUT2D eigenvalue weighted by atomic mass is 32.1. The van der Waals surface area contributed by atoms with E-state index in [1.165, 1.54) is 69.9 Å². The standard InChI is InChI=1S/C53H36N2S/c1-53(2)45-21-12-20-40(51(45)44-29-36-15-6-7-16-37(36)30-46(44)53)33-23-25-34(26-24-33)47-32-48(55-52(54-47)35-13-4-3-5-14-35)41-18-9-8-17-39(41)38-27-28-43-42-19-10-11-22-49(42)56-50(43)31-38/h3-32H,1-2H3. The quantitative estimate of drug-likeness (QED) is 0.176. The molecule has 0 aliphatic heterocycles. The van der Waals surface area contributed by atoms with Crippen LogP contribution in [0.2, 0.25) is 0 Å². The normalized spacial score (nSPS) is 13.0. The summed E-state index contributed by atoms with van der Waals surface area (Å²) in [6.45, 7) is 4.72. The van der Waals surface area contributed by atoms with Crippen molar-refractivity contribution in [3.63, 3.8) is 0 Å². The minimum absolute atomic E-state index is 0.0875. The van der Waals surface area contributed by atoms with Gasteiger partial charge in [-0.05, 0) is 85.6 Å². The van der Waals surface area contributed by atoms with E-state index in [-0.39, 0.29) is 5.41 Å². The third-order valence-electron chi connectivity index (χ3n) is 11.7. The van der Waals surface area contributed by atoms with Crippen LogP contribution >= 0.6 is 11.3 Å². The third-order valence-corrected chi connectivity index (χ3v) is 12.8. The zero-order chi connectivity index (χ0) is 37.4. The Morgan fingerprint density at radius 2 is 1.04 bits per heavy atom. The molecule has 0 atom stereocenters. The maximum absolute atomic E-state index is 5.24. The molecular weight excluding hydrogens is 697 g/mol. The lowest BCUT2D eigenvalue weighted by atomic mass is 9.81. The molecule has 0 saturated heterocycles. The van der Waals surface area contributed by atoms with Crippen molar-refractivity contribution < 1.29 is 0 Å². The van der Waals surface area contributed by atoms with E-state index in [0.29, 0.717) is 5.82 Å². The molecular formula is C53H36N2S. The summed E-state index contributed by atoms with van der Waals surface area (Å²) in [5.74, 6) is 0.712. The minimum Gasteiger partial charge on any atom is -0.228 e. The van der Waals surface area contributed by atoms with E-state index in [1.54, 1.807) is 0 Å². The van der Waals surface area contributed by atoms with Gasteiger partial charge in [0.15, 0.2) is 5.82 Å². The van der Waals surface area contributed by atoms with Gasteiger partial charge in [0.05, 0.1) is 11.4 Å². The second kappa shape index (κ2) is 12.7. The number of rotatable bonds is 5. The average Bonchev–Trinajstić information content (AvgIpc) is 3.74. The first-order chi connectivity index (χ1) is 27.5. The van der Waals surface area contributed by atoms with E-state index < -0.39 is 0 Å². The molecule has 10 aromatic rings. The van der Waals surface area contributed by atoms with Crippen LogP contribution in [0, 0.1) is 0 Å². The third kappa shape index (κ3) is 5.23. The van der Waals surface area contributed by atoms with Crippen molar-refractivity contribution in [1.29, 1.82) is 0 Å². The zero-order valence-electron chi connectivity index (χ0n) is 31.1. The topological polar surface area (TPSA) is 25.8 Å². The van der Waals surface area contributed by atoms with E-state index in [9.17, 15) is 0 Å². The second-order valence-corrected chi connectivity index (χ2v) is 16.4. The SMILES string of the molecule is CC1(C)c2cc3ccccc3cc2-c2c(-c3ccc(-c4cc(-c5ccccc5-c5ccc6c(c5)sc5ccccc56)nc(-c5ccccc5)n4)cc3)cccc21. The molecule has 0 N–H and O–H groups in total. The van der Waals surface area contributed by atoms with Crippen LogP contribution < -0.4 is 0 Å². The van der Waals surface area contributed by atoms with E-state index in [1.807, 2.05) is 17.4 Å². The molecule has 0 spiro atoms. The Morgan fingerprint density at radius 3 is 1.88 bits per heavy atom. The molecule has 0 unspecified atom stereocenters. The fraction of sp³-hybridized carbons (Fsp3) is 0.0566. The Morgan fingerprint density at radius 1 is 0.393 bits per heavy atom. The van der Waals surface area contributed by atoms with Gasteiger partial charge in [-0.3, -0.25) is 0 Å². The first kappa shape index (κ1) is 32.7. The monoisotopic (exact) mass is 732 g/mol. The summed E-state index contributed by atoms with van der Waals surface area (Å²) >= 11 is 1.85. The van der Waals surface area contributed by atoms with Gasteiger partial charge in [-0.2, -0.15) is 0 Å². The molecule has 11 rings (SSSR count). The van der Waals surface area contributed by atoms with Crippen molar-refractivity contribution in [2.24, 2.45) is 0 Å². The average molecular weight is 733 g/mol. The maximum Gasteiger partial charge on any atom is 0.160 e. The highest BCUT2D eigenvalue weighted by Crippen LogP contribution is 2.53. The van der Waals surface area contributed by atoms with Gasteiger partial charge in [0, 0.05) is 42.3 Å². The van der Waals surface area contributed by atoms with Gasteiger partial charge in [0.2, 0.25) is 0 Å². The Labute approximate surface area is 330 Å². The number of hydrogen-bond acceptors (Lipinski definition) is 3. The highest BCUT2D eigenvalue weighted by Gasteiger charge is 2.37. The van der Waals surface area contributed by atoms with Gasteiger partial charge in [0.1, 0.15) is 0 Å². The second-order valence-electron chi connectivity index (χ2n) is 15.4. The molecule has 0 fully saturated rings. The predicted octanol–water partition coefficient (Wildman–Crippen LogP) is 14.6. The molecule has 0 bridgehead atoms. The van der Waals surface area contributed by atoms with E-state index in [4.69, 9.17) is 9.97 Å². The summed E-state index contributed by atoms with van der Waals surface area (Å²) in [6, 6.07) is 65.9. The highest BCUT2D eigenvalue weighted by molar-refractivity contribution is 7.25. The lowest BCUT2D eigenvalue weighted by Gasteiger charge is -2.22. The summed E-state index contributed by atoms with van der Waals surface area (Å²) in [6.07, 6.45) is 0. The Bertz CT molecular complexity index is 3150. The van der Waals surface area contributed by atoms with E-state index in [2.05, 4.69) is 190 Å². The first-order valence-electron chi connectivity index (χ1n) is 19.2. The molecule has 0 amide bonds. The number of thiophene rings is 1. The van der Waals surface area contributed by atoms with Gasteiger partial charge in [0.25, 0.3) is 0 Å². The molecule has 264 valence electrons. The maximum atomic E-state index is 5.24. The Balaban J connectivity index is 1.02. The van der Waals surface area contributed by atoms with Crippen LogP contribution in [0.25, 0.3) is 98.2 Å². The Kier molecular flexibility index (Phi) is 7.42. The van der Waals surface area contributed by atoms with Gasteiger partial charge in [-0.25, -0.2) is 9.97 Å². The van der Waals surface area contributed by atoms with Gasteiger partial charge < -0.3 is 0 Å². The lowest BCUT2D eigenvalue weighted by molar-refractivity contribution is 0.661. The van der Waals surface area contributed by atoms with Crippen LogP contribution in [-0.2, 0) is 5.41 Å². The van der Waals surface area contributed by atoms with Crippen molar-refractivity contribution in [1.82, 2.24) is 9.97 Å². The molecule has 1 aliphatic carbocycles. The smallest absolute Gasteiger partial charge is 0.160 e. The van der Waals surface area contributed by atoms with Crippen LogP contribution in [0.3, 0.4) is 0 Å². The summed E-state index contributed by atoms with van der Waals surface area (Å²) in [4.78, 5) is 10.4. The van der Waals surface area contributed by atoms with Crippen LogP contribution in [0.15, 0.2) is 182 Å². The predicted molar refractivity (Wildman–Crippen MR) is 237 cm³/mol. The molecule has 0 radical (unpaired) electrons. The zero-order valence-corrected chi connectivity index (χ0v) is 31.9. The minimum atomic E-state index is -0.0875. The van der Waals surface area contributed by atoms with Crippen molar-refractivity contribution >= 4 is 42.3 Å². The molecule has 2 aromatic heterocycles. The molecule has 2 nitrogen and oxygen atoms in total. The molecule has 8 aromatic carbocycles. The van der Waals surface area contributed by atoms with E-state index in [0.717, 1.165) is 33.6 Å². The van der Waals surface area contributed by atoms with Crippen LogP contribution in [0.5, 0.6) is 0 Å². The fourth-order valence-electron chi connectivity index (χ4n) is 8.83. The summed E-state index contributed by atoms with van der Waals surface area (Å²) in [5.41, 5.74) is 15.1. The fourth-order valence-corrected chi connectivity index (χ4v) is 9.98. The van der Waals surface area contributed by atoms with Crippen molar-refractivity contribution in [3.05, 3.63) is 193 Å². The number of aromatic nitrogens is 2. The summed E-state index contributed by atoms with van der Waals surface area (Å²) < 4.78 is 2.60. The van der Waals surface area contributed by atoms with Crippen LogP contribution in [0.1, 0.15) is 25.0 Å². The van der Waals surface area contributed by atoms with Crippen molar-refractivity contribution in [2.75, 3.05) is 0 Å². The van der Waals surface area contributed by atoms with E-state index >= 15 is 0 Å². The summed E-state index contributed by atoms with van der Waals surface area (Å²) in [5, 5.41) is 5.17. The molecule has 56 heavy (non-hydrogen) atoms.